The number of hydrogen-bond donors (Lipinski definition) is 1. The minimum atomic E-state index is -0.283. The third kappa shape index (κ3) is 1.81. The van der Waals surface area contributed by atoms with Crippen molar-refractivity contribution in [2.45, 2.75) is 25.4 Å². The van der Waals surface area contributed by atoms with E-state index in [4.69, 9.17) is 4.99 Å². The first-order valence-corrected chi connectivity index (χ1v) is 7.81. The number of aromatic nitrogens is 2. The van der Waals surface area contributed by atoms with Crippen molar-refractivity contribution in [2.24, 2.45) is 4.99 Å². The molecule has 112 valence electrons. The fourth-order valence-electron chi connectivity index (χ4n) is 3.56. The summed E-state index contributed by atoms with van der Waals surface area (Å²) in [5.41, 5.74) is 2.03. The minimum absolute atomic E-state index is 0.283. The fourth-order valence-corrected chi connectivity index (χ4v) is 3.56. The second kappa shape index (κ2) is 5.09. The van der Waals surface area contributed by atoms with E-state index < -0.39 is 0 Å². The van der Waals surface area contributed by atoms with Crippen molar-refractivity contribution < 1.29 is 0 Å². The maximum Gasteiger partial charge on any atom is 0.139 e. The Kier molecular flexibility index (Phi) is 3.06. The molecule has 5 heteroatoms. The van der Waals surface area contributed by atoms with E-state index in [0.29, 0.717) is 0 Å². The molecule has 1 atom stereocenters. The van der Waals surface area contributed by atoms with Gasteiger partial charge in [0.2, 0.25) is 0 Å². The summed E-state index contributed by atoms with van der Waals surface area (Å²) in [5, 5.41) is 3.71. The third-order valence-electron chi connectivity index (χ3n) is 4.45. The van der Waals surface area contributed by atoms with Crippen LogP contribution in [0.1, 0.15) is 30.9 Å². The number of aliphatic imine (C=N–C) groups is 1. The van der Waals surface area contributed by atoms with Crippen LogP contribution >= 0.6 is 0 Å². The van der Waals surface area contributed by atoms with Crippen LogP contribution in [0.2, 0.25) is 0 Å². The van der Waals surface area contributed by atoms with Gasteiger partial charge in [-0.25, -0.2) is 4.98 Å². The summed E-state index contributed by atoms with van der Waals surface area (Å²) in [5.74, 6) is 1.98. The van der Waals surface area contributed by atoms with E-state index in [9.17, 15) is 0 Å². The van der Waals surface area contributed by atoms with Crippen molar-refractivity contribution in [1.29, 1.82) is 0 Å². The summed E-state index contributed by atoms with van der Waals surface area (Å²) in [7, 11) is 0. The number of anilines is 1. The molecule has 4 heterocycles. The van der Waals surface area contributed by atoms with Gasteiger partial charge in [0, 0.05) is 30.7 Å². The average Bonchev–Trinajstić information content (AvgIpc) is 3.07. The highest BCUT2D eigenvalue weighted by Gasteiger charge is 2.46. The zero-order valence-electron chi connectivity index (χ0n) is 12.7. The summed E-state index contributed by atoms with van der Waals surface area (Å²) in [6.45, 7) is 3.98. The van der Waals surface area contributed by atoms with Crippen LogP contribution in [0, 0.1) is 0 Å². The molecule has 1 N–H and O–H groups in total. The van der Waals surface area contributed by atoms with Gasteiger partial charge >= 0.3 is 0 Å². The first kappa shape index (κ1) is 13.2. The van der Waals surface area contributed by atoms with E-state index in [1.54, 1.807) is 0 Å². The number of amidine groups is 1. The molecular weight excluding hydrogens is 274 g/mol. The van der Waals surface area contributed by atoms with Crippen LogP contribution in [0.25, 0.3) is 0 Å². The summed E-state index contributed by atoms with van der Waals surface area (Å²) >= 11 is 0. The molecule has 0 amide bonds. The second-order valence-corrected chi connectivity index (χ2v) is 5.73. The van der Waals surface area contributed by atoms with Crippen LogP contribution in [-0.2, 0) is 5.66 Å². The van der Waals surface area contributed by atoms with Crippen LogP contribution in [0.15, 0.2) is 47.8 Å². The highest BCUT2D eigenvalue weighted by atomic mass is 15.4. The van der Waals surface area contributed by atoms with Crippen molar-refractivity contribution in [1.82, 2.24) is 14.9 Å². The van der Waals surface area contributed by atoms with E-state index in [1.807, 2.05) is 24.7 Å². The highest BCUT2D eigenvalue weighted by molar-refractivity contribution is 6.05. The molecule has 0 aliphatic carbocycles. The van der Waals surface area contributed by atoms with E-state index in [0.717, 1.165) is 43.1 Å². The molecule has 0 fully saturated rings. The Balaban J connectivity index is 1.91. The second-order valence-electron chi connectivity index (χ2n) is 5.73. The molecule has 0 aromatic carbocycles. The Labute approximate surface area is 130 Å². The zero-order chi connectivity index (χ0) is 15.0. The van der Waals surface area contributed by atoms with Gasteiger partial charge in [0.1, 0.15) is 17.3 Å². The van der Waals surface area contributed by atoms with Gasteiger partial charge in [0.15, 0.2) is 0 Å². The number of pyridine rings is 2. The maximum atomic E-state index is 4.75. The van der Waals surface area contributed by atoms with Crippen molar-refractivity contribution in [3.63, 3.8) is 0 Å². The van der Waals surface area contributed by atoms with E-state index in [1.165, 1.54) is 5.56 Å². The lowest BCUT2D eigenvalue weighted by molar-refractivity contribution is 0.199. The van der Waals surface area contributed by atoms with Crippen molar-refractivity contribution >= 4 is 11.7 Å². The lowest BCUT2D eigenvalue weighted by Gasteiger charge is -2.48. The standard InChI is InChI=1S/C17H19N5/c1-2-7-17(13-5-9-18-10-6-13)21-15-14(4-3-8-19-15)16-20-11-12-22(16)17/h3-6,8-10H,2,7,11-12H2,1H3,(H,19,21). The van der Waals surface area contributed by atoms with Gasteiger partial charge in [-0.15, -0.1) is 0 Å². The molecular formula is C17H19N5. The smallest absolute Gasteiger partial charge is 0.139 e. The largest absolute Gasteiger partial charge is 0.343 e. The third-order valence-corrected chi connectivity index (χ3v) is 4.45. The van der Waals surface area contributed by atoms with Crippen molar-refractivity contribution in [2.75, 3.05) is 18.4 Å². The first-order valence-electron chi connectivity index (χ1n) is 7.81. The quantitative estimate of drug-likeness (QED) is 0.945. The Bertz CT molecular complexity index is 712. The van der Waals surface area contributed by atoms with Crippen LogP contribution in [0.5, 0.6) is 0 Å². The number of fused-ring (bicyclic) bond motifs is 3. The molecule has 0 saturated carbocycles. The molecule has 0 radical (unpaired) electrons. The molecule has 2 aliphatic rings. The summed E-state index contributed by atoms with van der Waals surface area (Å²) in [6.07, 6.45) is 7.61. The molecule has 5 nitrogen and oxygen atoms in total. The number of hydrogen-bond acceptors (Lipinski definition) is 5. The van der Waals surface area contributed by atoms with Gasteiger partial charge < -0.3 is 10.2 Å². The predicted octanol–water partition coefficient (Wildman–Crippen LogP) is 2.62. The first-order chi connectivity index (χ1) is 10.8. The van der Waals surface area contributed by atoms with Crippen LogP contribution in [0.3, 0.4) is 0 Å². The van der Waals surface area contributed by atoms with Crippen molar-refractivity contribution in [3.8, 4) is 0 Å². The molecule has 1 unspecified atom stereocenters. The van der Waals surface area contributed by atoms with Crippen LogP contribution < -0.4 is 5.32 Å². The van der Waals surface area contributed by atoms with Gasteiger partial charge in [-0.2, -0.15) is 0 Å². The molecule has 2 aromatic heterocycles. The molecule has 0 saturated heterocycles. The van der Waals surface area contributed by atoms with Gasteiger partial charge in [-0.3, -0.25) is 9.98 Å². The molecule has 0 spiro atoms. The fraction of sp³-hybridized carbons (Fsp3) is 0.353. The molecule has 4 rings (SSSR count). The Morgan fingerprint density at radius 1 is 1.23 bits per heavy atom. The number of nitrogens with one attached hydrogen (secondary N) is 1. The Morgan fingerprint density at radius 3 is 2.91 bits per heavy atom. The maximum absolute atomic E-state index is 4.75. The number of rotatable bonds is 3. The van der Waals surface area contributed by atoms with Gasteiger partial charge in [-0.05, 0) is 30.7 Å². The van der Waals surface area contributed by atoms with Crippen LogP contribution in [-0.4, -0.2) is 33.8 Å². The Morgan fingerprint density at radius 2 is 2.09 bits per heavy atom. The van der Waals surface area contributed by atoms with E-state index in [-0.39, 0.29) is 5.66 Å². The van der Waals surface area contributed by atoms with Crippen LogP contribution in [0.4, 0.5) is 5.82 Å². The predicted molar refractivity (Wildman–Crippen MR) is 86.8 cm³/mol. The van der Waals surface area contributed by atoms with Crippen molar-refractivity contribution in [3.05, 3.63) is 54.0 Å². The molecule has 2 aliphatic heterocycles. The lowest BCUT2D eigenvalue weighted by Crippen LogP contribution is -2.56. The SMILES string of the molecule is CCCC1(c2ccncc2)Nc2ncccc2C2=NCCN21. The van der Waals surface area contributed by atoms with Gasteiger partial charge in [0.05, 0.1) is 12.1 Å². The minimum Gasteiger partial charge on any atom is -0.343 e. The van der Waals surface area contributed by atoms with Gasteiger partial charge in [-0.1, -0.05) is 13.3 Å². The monoisotopic (exact) mass is 293 g/mol. The summed E-state index contributed by atoms with van der Waals surface area (Å²) in [4.78, 5) is 15.9. The Hall–Kier alpha value is -2.43. The number of nitrogens with zero attached hydrogens (tertiary/aromatic N) is 4. The normalized spacial score (nSPS) is 22.6. The topological polar surface area (TPSA) is 53.4 Å². The zero-order valence-corrected chi connectivity index (χ0v) is 12.7. The van der Waals surface area contributed by atoms with Gasteiger partial charge in [0.25, 0.3) is 0 Å². The van der Waals surface area contributed by atoms with E-state index >= 15 is 0 Å². The lowest BCUT2D eigenvalue weighted by atomic mass is 9.90. The average molecular weight is 293 g/mol. The summed E-state index contributed by atoms with van der Waals surface area (Å²) < 4.78 is 0. The van der Waals surface area contributed by atoms with E-state index in [2.05, 4.69) is 45.3 Å². The summed E-state index contributed by atoms with van der Waals surface area (Å²) in [6, 6.07) is 8.24. The molecule has 22 heavy (non-hydrogen) atoms. The molecule has 0 bridgehead atoms. The highest BCUT2D eigenvalue weighted by Crippen LogP contribution is 2.41. The molecule has 2 aromatic rings.